The van der Waals surface area contributed by atoms with Crippen LogP contribution in [0.2, 0.25) is 0 Å². The van der Waals surface area contributed by atoms with Crippen LogP contribution >= 0.6 is 0 Å². The van der Waals surface area contributed by atoms with E-state index < -0.39 is 0 Å². The average Bonchev–Trinajstić information content (AvgIpc) is 2.23. The molecule has 96 valence electrons. The first kappa shape index (κ1) is 14.2. The molecule has 1 aromatic rings. The Hall–Kier alpha value is -0.820. The van der Waals surface area contributed by atoms with Gasteiger partial charge in [0.1, 0.15) is 0 Å². The molecule has 1 aromatic carbocycles. The number of hydrogen-bond acceptors (Lipinski definition) is 1. The molecule has 0 saturated carbocycles. The number of likely N-dealkylation sites (N-methyl/N-ethyl adjacent to an activating group) is 1. The van der Waals surface area contributed by atoms with Crippen molar-refractivity contribution in [2.24, 2.45) is 0 Å². The van der Waals surface area contributed by atoms with Crippen LogP contribution in [0, 0.1) is 34.6 Å². The summed E-state index contributed by atoms with van der Waals surface area (Å²) in [5.74, 6) is 0.600. The minimum Gasteiger partial charge on any atom is -0.309 e. The predicted molar refractivity (Wildman–Crippen MR) is 77.1 cm³/mol. The molecule has 0 saturated heterocycles. The maximum Gasteiger partial charge on any atom is 0.00417 e. The van der Waals surface area contributed by atoms with Crippen LogP contribution in [0.3, 0.4) is 0 Å². The fraction of sp³-hybridized carbons (Fsp3) is 0.625. The molecule has 0 spiro atoms. The maximum atomic E-state index is 2.34. The second-order valence-electron chi connectivity index (χ2n) is 5.70. The van der Waals surface area contributed by atoms with Crippen LogP contribution in [0.1, 0.15) is 46.2 Å². The summed E-state index contributed by atoms with van der Waals surface area (Å²) in [5.41, 5.74) is 8.92. The summed E-state index contributed by atoms with van der Waals surface area (Å²) in [5, 5.41) is 0. The summed E-state index contributed by atoms with van der Waals surface area (Å²) < 4.78 is 0. The number of rotatable bonds is 3. The molecule has 1 nitrogen and oxygen atoms in total. The lowest BCUT2D eigenvalue weighted by Crippen LogP contribution is -2.20. The van der Waals surface area contributed by atoms with Crippen molar-refractivity contribution in [3.05, 3.63) is 33.4 Å². The molecule has 0 aliphatic carbocycles. The minimum absolute atomic E-state index is 0.600. The Morgan fingerprint density at radius 1 is 0.765 bits per heavy atom. The molecule has 1 atom stereocenters. The average molecular weight is 233 g/mol. The van der Waals surface area contributed by atoms with Gasteiger partial charge in [0, 0.05) is 6.54 Å². The lowest BCUT2D eigenvalue weighted by molar-refractivity contribution is 0.382. The van der Waals surface area contributed by atoms with Gasteiger partial charge < -0.3 is 4.90 Å². The van der Waals surface area contributed by atoms with Crippen molar-refractivity contribution in [1.82, 2.24) is 4.90 Å². The van der Waals surface area contributed by atoms with Crippen molar-refractivity contribution in [3.63, 3.8) is 0 Å². The van der Waals surface area contributed by atoms with Crippen LogP contribution < -0.4 is 0 Å². The van der Waals surface area contributed by atoms with Gasteiger partial charge in [-0.25, -0.2) is 0 Å². The Labute approximate surface area is 107 Å². The van der Waals surface area contributed by atoms with E-state index in [0.717, 1.165) is 6.54 Å². The topological polar surface area (TPSA) is 3.24 Å². The Morgan fingerprint density at radius 2 is 1.12 bits per heavy atom. The highest BCUT2D eigenvalue weighted by Gasteiger charge is 2.17. The molecule has 1 heteroatoms. The van der Waals surface area contributed by atoms with Crippen molar-refractivity contribution in [3.8, 4) is 0 Å². The van der Waals surface area contributed by atoms with E-state index in [1.54, 1.807) is 5.56 Å². The minimum atomic E-state index is 0.600. The van der Waals surface area contributed by atoms with Crippen LogP contribution in [-0.2, 0) is 0 Å². The number of hydrogen-bond donors (Lipinski definition) is 0. The van der Waals surface area contributed by atoms with Gasteiger partial charge in [0.2, 0.25) is 0 Å². The normalized spacial score (nSPS) is 13.2. The lowest BCUT2D eigenvalue weighted by Gasteiger charge is -2.25. The molecule has 0 aliphatic heterocycles. The second-order valence-corrected chi connectivity index (χ2v) is 5.70. The third-order valence-electron chi connectivity index (χ3n) is 4.19. The largest absolute Gasteiger partial charge is 0.309 e. The van der Waals surface area contributed by atoms with Crippen LogP contribution in [0.15, 0.2) is 0 Å². The first-order valence-corrected chi connectivity index (χ1v) is 6.48. The molecule has 0 heterocycles. The molecule has 0 bridgehead atoms. The Bertz CT molecular complexity index is 387. The van der Waals surface area contributed by atoms with Gasteiger partial charge in [-0.3, -0.25) is 0 Å². The van der Waals surface area contributed by atoms with E-state index in [2.05, 4.69) is 60.5 Å². The van der Waals surface area contributed by atoms with Crippen molar-refractivity contribution >= 4 is 0 Å². The summed E-state index contributed by atoms with van der Waals surface area (Å²) in [6.07, 6.45) is 0. The second kappa shape index (κ2) is 5.22. The third kappa shape index (κ3) is 2.71. The van der Waals surface area contributed by atoms with Crippen molar-refractivity contribution in [1.29, 1.82) is 0 Å². The fourth-order valence-corrected chi connectivity index (χ4v) is 2.91. The first-order valence-electron chi connectivity index (χ1n) is 6.48. The molecule has 0 amide bonds. The fourth-order valence-electron chi connectivity index (χ4n) is 2.91. The quantitative estimate of drug-likeness (QED) is 0.765. The standard InChI is InChI=1S/C16H27N/c1-10(9-17(7)8)16-14(5)12(3)11(2)13(4)15(16)6/h10H,9H2,1-8H3. The van der Waals surface area contributed by atoms with E-state index in [4.69, 9.17) is 0 Å². The van der Waals surface area contributed by atoms with Crippen LogP contribution in [0.25, 0.3) is 0 Å². The maximum absolute atomic E-state index is 2.34. The number of nitrogens with zero attached hydrogens (tertiary/aromatic N) is 1. The Morgan fingerprint density at radius 3 is 1.47 bits per heavy atom. The highest BCUT2D eigenvalue weighted by molar-refractivity contribution is 5.50. The summed E-state index contributed by atoms with van der Waals surface area (Å²) in [7, 11) is 4.30. The van der Waals surface area contributed by atoms with Gasteiger partial charge in [0.05, 0.1) is 0 Å². The molecule has 1 unspecified atom stereocenters. The highest BCUT2D eigenvalue weighted by atomic mass is 15.1. The summed E-state index contributed by atoms with van der Waals surface area (Å²) in [6.45, 7) is 14.7. The molecule has 0 N–H and O–H groups in total. The molecule has 0 aliphatic rings. The zero-order valence-corrected chi connectivity index (χ0v) is 12.7. The van der Waals surface area contributed by atoms with Crippen LogP contribution in [0.5, 0.6) is 0 Å². The molecule has 1 rings (SSSR count). The molecular formula is C16H27N. The highest BCUT2D eigenvalue weighted by Crippen LogP contribution is 2.31. The van der Waals surface area contributed by atoms with Gasteiger partial charge in [-0.15, -0.1) is 0 Å². The van der Waals surface area contributed by atoms with Crippen molar-refractivity contribution < 1.29 is 0 Å². The summed E-state index contributed by atoms with van der Waals surface area (Å²) in [4.78, 5) is 2.27. The van der Waals surface area contributed by atoms with E-state index in [0.29, 0.717) is 5.92 Å². The zero-order chi connectivity index (χ0) is 13.3. The summed E-state index contributed by atoms with van der Waals surface area (Å²) >= 11 is 0. The summed E-state index contributed by atoms with van der Waals surface area (Å²) in [6, 6.07) is 0. The van der Waals surface area contributed by atoms with Crippen LogP contribution in [-0.4, -0.2) is 25.5 Å². The van der Waals surface area contributed by atoms with E-state index in [-0.39, 0.29) is 0 Å². The first-order chi connectivity index (χ1) is 7.77. The monoisotopic (exact) mass is 233 g/mol. The number of benzene rings is 1. The van der Waals surface area contributed by atoms with E-state index in [9.17, 15) is 0 Å². The smallest absolute Gasteiger partial charge is 0.00417 e. The predicted octanol–water partition coefficient (Wildman–Crippen LogP) is 3.89. The van der Waals surface area contributed by atoms with Gasteiger partial charge in [0.15, 0.2) is 0 Å². The van der Waals surface area contributed by atoms with Gasteiger partial charge >= 0.3 is 0 Å². The van der Waals surface area contributed by atoms with Crippen molar-refractivity contribution in [2.75, 3.05) is 20.6 Å². The van der Waals surface area contributed by atoms with Gasteiger partial charge in [0.25, 0.3) is 0 Å². The lowest BCUT2D eigenvalue weighted by atomic mass is 9.84. The molecule has 0 radical (unpaired) electrons. The van der Waals surface area contributed by atoms with Gasteiger partial charge in [-0.1, -0.05) is 6.92 Å². The van der Waals surface area contributed by atoms with E-state index >= 15 is 0 Å². The van der Waals surface area contributed by atoms with Crippen molar-refractivity contribution in [2.45, 2.75) is 47.5 Å². The molecule has 0 fully saturated rings. The zero-order valence-electron chi connectivity index (χ0n) is 12.7. The Balaban J connectivity index is 3.33. The molecular weight excluding hydrogens is 206 g/mol. The third-order valence-corrected chi connectivity index (χ3v) is 4.19. The molecule has 0 aromatic heterocycles. The van der Waals surface area contributed by atoms with Gasteiger partial charge in [-0.2, -0.15) is 0 Å². The van der Waals surface area contributed by atoms with E-state index in [1.807, 2.05) is 0 Å². The molecule has 17 heavy (non-hydrogen) atoms. The van der Waals surface area contributed by atoms with Gasteiger partial charge in [-0.05, 0) is 88.0 Å². The van der Waals surface area contributed by atoms with Crippen LogP contribution in [0.4, 0.5) is 0 Å². The SMILES string of the molecule is Cc1c(C)c(C)c(C(C)CN(C)C)c(C)c1C. The Kier molecular flexibility index (Phi) is 4.37. The van der Waals surface area contributed by atoms with E-state index in [1.165, 1.54) is 27.8 Å².